The number of phenols is 1. The summed E-state index contributed by atoms with van der Waals surface area (Å²) in [7, 11) is 5.79. The molecule has 0 fully saturated rings. The monoisotopic (exact) mass is 280 g/mol. The van der Waals surface area contributed by atoms with E-state index in [1.807, 2.05) is 6.07 Å². The van der Waals surface area contributed by atoms with Crippen LogP contribution >= 0.6 is 0 Å². The fraction of sp³-hybridized carbons (Fsp3) is 0.625. The van der Waals surface area contributed by atoms with Crippen LogP contribution in [0.1, 0.15) is 25.8 Å². The Morgan fingerprint density at radius 1 is 1.30 bits per heavy atom. The van der Waals surface area contributed by atoms with E-state index >= 15 is 0 Å². The van der Waals surface area contributed by atoms with Crippen LogP contribution in [0, 0.1) is 5.92 Å². The topological polar surface area (TPSA) is 44.7 Å². The van der Waals surface area contributed by atoms with Crippen molar-refractivity contribution in [3.05, 3.63) is 23.8 Å². The molecule has 1 unspecified atom stereocenters. The SMILES string of the molecule is COc1ccc(CNCC(CC(C)C)N(C)C)cc1O. The van der Waals surface area contributed by atoms with Crippen LogP contribution in [0.5, 0.6) is 11.5 Å². The summed E-state index contributed by atoms with van der Waals surface area (Å²) < 4.78 is 5.04. The Balaban J connectivity index is 2.48. The Bertz CT molecular complexity index is 405. The molecule has 0 saturated carbocycles. The Morgan fingerprint density at radius 3 is 2.50 bits per heavy atom. The zero-order valence-electron chi connectivity index (χ0n) is 13.3. The van der Waals surface area contributed by atoms with Crippen LogP contribution in [0.3, 0.4) is 0 Å². The van der Waals surface area contributed by atoms with Gasteiger partial charge in [0.05, 0.1) is 7.11 Å². The van der Waals surface area contributed by atoms with Crippen molar-refractivity contribution in [2.24, 2.45) is 5.92 Å². The number of nitrogens with zero attached hydrogens (tertiary/aromatic N) is 1. The first-order valence-electron chi connectivity index (χ1n) is 7.17. The van der Waals surface area contributed by atoms with Gasteiger partial charge in [-0.1, -0.05) is 19.9 Å². The number of aromatic hydroxyl groups is 1. The van der Waals surface area contributed by atoms with Crippen molar-refractivity contribution < 1.29 is 9.84 Å². The third kappa shape index (κ3) is 5.39. The molecule has 1 rings (SSSR count). The number of hydrogen-bond acceptors (Lipinski definition) is 4. The van der Waals surface area contributed by atoms with E-state index in [-0.39, 0.29) is 5.75 Å². The average molecular weight is 280 g/mol. The molecule has 1 atom stereocenters. The van der Waals surface area contributed by atoms with Gasteiger partial charge in [0.2, 0.25) is 0 Å². The molecule has 2 N–H and O–H groups in total. The highest BCUT2D eigenvalue weighted by Crippen LogP contribution is 2.26. The predicted octanol–water partition coefficient (Wildman–Crippen LogP) is 2.47. The lowest BCUT2D eigenvalue weighted by Crippen LogP contribution is -2.38. The summed E-state index contributed by atoms with van der Waals surface area (Å²) in [5.41, 5.74) is 1.06. The molecule has 0 bridgehead atoms. The normalized spacial score (nSPS) is 12.9. The zero-order chi connectivity index (χ0) is 15.1. The van der Waals surface area contributed by atoms with E-state index in [4.69, 9.17) is 4.74 Å². The molecule has 114 valence electrons. The fourth-order valence-electron chi connectivity index (χ4n) is 2.25. The summed E-state index contributed by atoms with van der Waals surface area (Å²) in [4.78, 5) is 2.26. The van der Waals surface area contributed by atoms with Crippen molar-refractivity contribution in [1.82, 2.24) is 10.2 Å². The molecule has 1 aromatic rings. The van der Waals surface area contributed by atoms with E-state index in [2.05, 4.69) is 38.2 Å². The van der Waals surface area contributed by atoms with Crippen molar-refractivity contribution in [2.75, 3.05) is 27.7 Å². The molecule has 0 amide bonds. The molecule has 4 heteroatoms. The summed E-state index contributed by atoms with van der Waals surface area (Å²) in [6.45, 7) is 6.19. The van der Waals surface area contributed by atoms with Crippen molar-refractivity contribution >= 4 is 0 Å². The van der Waals surface area contributed by atoms with Gasteiger partial charge in [-0.25, -0.2) is 0 Å². The van der Waals surface area contributed by atoms with Crippen molar-refractivity contribution in [3.63, 3.8) is 0 Å². The summed E-state index contributed by atoms with van der Waals surface area (Å²) in [6, 6.07) is 6.04. The number of likely N-dealkylation sites (N-methyl/N-ethyl adjacent to an activating group) is 1. The molecule has 0 aromatic heterocycles. The van der Waals surface area contributed by atoms with Crippen LogP contribution < -0.4 is 10.1 Å². The zero-order valence-corrected chi connectivity index (χ0v) is 13.3. The third-order valence-electron chi connectivity index (χ3n) is 3.43. The largest absolute Gasteiger partial charge is 0.504 e. The van der Waals surface area contributed by atoms with E-state index in [1.54, 1.807) is 19.2 Å². The quantitative estimate of drug-likeness (QED) is 0.768. The lowest BCUT2D eigenvalue weighted by molar-refractivity contribution is 0.246. The van der Waals surface area contributed by atoms with Crippen LogP contribution in [0.15, 0.2) is 18.2 Å². The smallest absolute Gasteiger partial charge is 0.160 e. The molecule has 0 spiro atoms. The first-order valence-corrected chi connectivity index (χ1v) is 7.17. The standard InChI is InChI=1S/C16H28N2O2/c1-12(2)8-14(18(3)4)11-17-10-13-6-7-16(20-5)15(19)9-13/h6-7,9,12,14,17,19H,8,10-11H2,1-5H3. The lowest BCUT2D eigenvalue weighted by Gasteiger charge is -2.26. The van der Waals surface area contributed by atoms with Crippen LogP contribution in [0.25, 0.3) is 0 Å². The minimum absolute atomic E-state index is 0.193. The molecule has 20 heavy (non-hydrogen) atoms. The van der Waals surface area contributed by atoms with Crippen LogP contribution in [0.4, 0.5) is 0 Å². The van der Waals surface area contributed by atoms with Gasteiger partial charge in [-0.2, -0.15) is 0 Å². The minimum Gasteiger partial charge on any atom is -0.504 e. The Kier molecular flexibility index (Phi) is 6.82. The Morgan fingerprint density at radius 2 is 2.00 bits per heavy atom. The van der Waals surface area contributed by atoms with Gasteiger partial charge in [-0.3, -0.25) is 0 Å². The first-order chi connectivity index (χ1) is 9.43. The van der Waals surface area contributed by atoms with E-state index in [1.165, 1.54) is 6.42 Å². The van der Waals surface area contributed by atoms with Crippen molar-refractivity contribution in [1.29, 1.82) is 0 Å². The van der Waals surface area contributed by atoms with E-state index in [9.17, 15) is 5.11 Å². The molecule has 4 nitrogen and oxygen atoms in total. The second kappa shape index (κ2) is 8.12. The molecule has 0 aliphatic carbocycles. The second-order valence-electron chi connectivity index (χ2n) is 5.88. The van der Waals surface area contributed by atoms with Gasteiger partial charge in [-0.15, -0.1) is 0 Å². The summed E-state index contributed by atoms with van der Waals surface area (Å²) in [6.07, 6.45) is 1.17. The maximum absolute atomic E-state index is 9.75. The van der Waals surface area contributed by atoms with Crippen molar-refractivity contribution in [3.8, 4) is 11.5 Å². The molecular formula is C16H28N2O2. The maximum atomic E-state index is 9.75. The molecule has 0 aliphatic heterocycles. The third-order valence-corrected chi connectivity index (χ3v) is 3.43. The van der Waals surface area contributed by atoms with Gasteiger partial charge in [0.25, 0.3) is 0 Å². The van der Waals surface area contributed by atoms with Crippen LogP contribution in [-0.2, 0) is 6.54 Å². The maximum Gasteiger partial charge on any atom is 0.160 e. The molecule has 1 aromatic carbocycles. The summed E-state index contributed by atoms with van der Waals surface area (Å²) >= 11 is 0. The van der Waals surface area contributed by atoms with E-state index in [0.29, 0.717) is 17.7 Å². The van der Waals surface area contributed by atoms with E-state index in [0.717, 1.165) is 18.7 Å². The first kappa shape index (κ1) is 16.8. The highest BCUT2D eigenvalue weighted by atomic mass is 16.5. The van der Waals surface area contributed by atoms with Crippen LogP contribution in [0.2, 0.25) is 0 Å². The Labute approximate surface area is 122 Å². The van der Waals surface area contributed by atoms with Crippen LogP contribution in [-0.4, -0.2) is 43.8 Å². The van der Waals surface area contributed by atoms with Gasteiger partial charge in [0.1, 0.15) is 0 Å². The number of benzene rings is 1. The van der Waals surface area contributed by atoms with Gasteiger partial charge in [0.15, 0.2) is 11.5 Å². The van der Waals surface area contributed by atoms with Crippen molar-refractivity contribution in [2.45, 2.75) is 32.9 Å². The average Bonchev–Trinajstić information content (AvgIpc) is 2.37. The fourth-order valence-corrected chi connectivity index (χ4v) is 2.25. The van der Waals surface area contributed by atoms with Gasteiger partial charge < -0.3 is 20.1 Å². The molecule has 0 saturated heterocycles. The number of phenolic OH excluding ortho intramolecular Hbond substituents is 1. The second-order valence-corrected chi connectivity index (χ2v) is 5.88. The van der Waals surface area contributed by atoms with Gasteiger partial charge >= 0.3 is 0 Å². The lowest BCUT2D eigenvalue weighted by atomic mass is 10.0. The highest BCUT2D eigenvalue weighted by Gasteiger charge is 2.12. The Hall–Kier alpha value is -1.26. The number of rotatable bonds is 8. The minimum atomic E-state index is 0.193. The number of nitrogens with one attached hydrogen (secondary N) is 1. The number of ether oxygens (including phenoxy) is 1. The van der Waals surface area contributed by atoms with Gasteiger partial charge in [-0.05, 0) is 44.1 Å². The molecular weight excluding hydrogens is 252 g/mol. The summed E-state index contributed by atoms with van der Waals surface area (Å²) in [5.74, 6) is 1.40. The highest BCUT2D eigenvalue weighted by molar-refractivity contribution is 5.41. The predicted molar refractivity (Wildman–Crippen MR) is 83.3 cm³/mol. The number of hydrogen-bond donors (Lipinski definition) is 2. The molecule has 0 aliphatic rings. The molecule has 0 heterocycles. The number of methoxy groups -OCH3 is 1. The van der Waals surface area contributed by atoms with E-state index < -0.39 is 0 Å². The summed E-state index contributed by atoms with van der Waals surface area (Å²) in [5, 5.41) is 13.2. The molecule has 0 radical (unpaired) electrons. The van der Waals surface area contributed by atoms with Gasteiger partial charge in [0, 0.05) is 19.1 Å².